The van der Waals surface area contributed by atoms with Crippen molar-refractivity contribution in [2.45, 2.75) is 50.7 Å². The van der Waals surface area contributed by atoms with Gasteiger partial charge in [-0.1, -0.05) is 113 Å². The minimum atomic E-state index is -0.750. The lowest BCUT2D eigenvalue weighted by Gasteiger charge is -2.64. The molecule has 0 radical (unpaired) electrons. The van der Waals surface area contributed by atoms with Crippen LogP contribution in [-0.2, 0) is 20.3 Å². The standard InChI is InChI=1S/C36H34O4/c1-23(2)35-27-19-11-13-21-29(27)36(24(3)4,30-22-14-12-20-28(30)35)32(40-34(38)26-17-9-6-10-18-26)31(35)39-33(37)25-15-7-5-8-16-25/h5-24,31-32H,1-4H3/t31?,32?,35-,36+. The molecule has 2 atom stereocenters. The average molecular weight is 531 g/mol. The first-order valence-corrected chi connectivity index (χ1v) is 14.1. The summed E-state index contributed by atoms with van der Waals surface area (Å²) in [5.41, 5.74) is 4.02. The number of hydrogen-bond acceptors (Lipinski definition) is 4. The summed E-state index contributed by atoms with van der Waals surface area (Å²) in [7, 11) is 0. The molecule has 7 rings (SSSR count). The highest BCUT2D eigenvalue weighted by molar-refractivity contribution is 5.91. The van der Waals surface area contributed by atoms with E-state index in [4.69, 9.17) is 9.47 Å². The lowest BCUT2D eigenvalue weighted by atomic mass is 9.42. The first-order valence-electron chi connectivity index (χ1n) is 14.1. The van der Waals surface area contributed by atoms with Crippen molar-refractivity contribution >= 4 is 11.9 Å². The molecule has 0 saturated carbocycles. The molecule has 3 aliphatic carbocycles. The van der Waals surface area contributed by atoms with Crippen molar-refractivity contribution in [3.05, 3.63) is 143 Å². The highest BCUT2D eigenvalue weighted by Gasteiger charge is 2.70. The van der Waals surface area contributed by atoms with Gasteiger partial charge in [-0.2, -0.15) is 0 Å². The Morgan fingerprint density at radius 1 is 0.500 bits per heavy atom. The van der Waals surface area contributed by atoms with Gasteiger partial charge in [0, 0.05) is 0 Å². The number of esters is 2. The molecule has 40 heavy (non-hydrogen) atoms. The number of carbonyl (C=O) groups is 2. The molecule has 0 heterocycles. The number of fused-ring (bicyclic) bond motifs is 1. The lowest BCUT2D eigenvalue weighted by molar-refractivity contribution is -0.114. The van der Waals surface area contributed by atoms with Crippen LogP contribution in [0.1, 0.15) is 70.7 Å². The number of benzene rings is 4. The highest BCUT2D eigenvalue weighted by atomic mass is 16.6. The van der Waals surface area contributed by atoms with Gasteiger partial charge in [0.15, 0.2) is 12.2 Å². The summed E-state index contributed by atoms with van der Waals surface area (Å²) < 4.78 is 13.2. The van der Waals surface area contributed by atoms with E-state index in [0.717, 1.165) is 22.3 Å². The van der Waals surface area contributed by atoms with Crippen LogP contribution in [0.4, 0.5) is 0 Å². The van der Waals surface area contributed by atoms with Gasteiger partial charge < -0.3 is 9.47 Å². The third-order valence-corrected chi connectivity index (χ3v) is 9.12. The lowest BCUT2D eigenvalue weighted by Crippen LogP contribution is -2.71. The molecular formula is C36H34O4. The van der Waals surface area contributed by atoms with Crippen molar-refractivity contribution in [3.8, 4) is 0 Å². The van der Waals surface area contributed by atoms with Crippen LogP contribution >= 0.6 is 0 Å². The fraction of sp³-hybridized carbons (Fsp3) is 0.278. The first-order chi connectivity index (χ1) is 19.3. The van der Waals surface area contributed by atoms with Gasteiger partial charge in [-0.15, -0.1) is 0 Å². The Balaban J connectivity index is 1.65. The Morgan fingerprint density at radius 2 is 0.775 bits per heavy atom. The zero-order chi connectivity index (χ0) is 28.1. The maximum atomic E-state index is 13.8. The van der Waals surface area contributed by atoms with E-state index in [1.807, 2.05) is 36.4 Å². The molecule has 0 spiro atoms. The second kappa shape index (κ2) is 9.78. The van der Waals surface area contributed by atoms with E-state index in [9.17, 15) is 9.59 Å². The second-order valence-electron chi connectivity index (χ2n) is 11.5. The van der Waals surface area contributed by atoms with Gasteiger partial charge in [0.2, 0.25) is 0 Å². The third-order valence-electron chi connectivity index (χ3n) is 9.12. The smallest absolute Gasteiger partial charge is 0.338 e. The molecule has 4 nitrogen and oxygen atoms in total. The summed E-state index contributed by atoms with van der Waals surface area (Å²) in [6.07, 6.45) is -1.50. The van der Waals surface area contributed by atoms with Gasteiger partial charge in [-0.3, -0.25) is 0 Å². The number of rotatable bonds is 6. The molecule has 0 amide bonds. The van der Waals surface area contributed by atoms with Crippen LogP contribution < -0.4 is 0 Å². The van der Waals surface area contributed by atoms with E-state index < -0.39 is 35.0 Å². The molecule has 4 heteroatoms. The molecule has 202 valence electrons. The quantitative estimate of drug-likeness (QED) is 0.245. The van der Waals surface area contributed by atoms with Gasteiger partial charge in [0.1, 0.15) is 0 Å². The summed E-state index contributed by atoms with van der Waals surface area (Å²) in [6, 6.07) is 35.0. The van der Waals surface area contributed by atoms with Crippen LogP contribution in [0.3, 0.4) is 0 Å². The van der Waals surface area contributed by atoms with E-state index in [0.29, 0.717) is 11.1 Å². The van der Waals surface area contributed by atoms with Gasteiger partial charge >= 0.3 is 11.9 Å². The summed E-state index contributed by atoms with van der Waals surface area (Å²) in [5.74, 6) is -0.806. The Bertz CT molecular complexity index is 1390. The number of carbonyl (C=O) groups excluding carboxylic acids is 2. The number of hydrogen-bond donors (Lipinski definition) is 0. The van der Waals surface area contributed by atoms with Crippen LogP contribution in [0.15, 0.2) is 109 Å². The molecule has 0 saturated heterocycles. The van der Waals surface area contributed by atoms with Gasteiger partial charge in [-0.25, -0.2) is 9.59 Å². The highest BCUT2D eigenvalue weighted by Crippen LogP contribution is 2.65. The van der Waals surface area contributed by atoms with Crippen LogP contribution in [-0.4, -0.2) is 24.1 Å². The van der Waals surface area contributed by atoms with Crippen molar-refractivity contribution < 1.29 is 19.1 Å². The predicted octanol–water partition coefficient (Wildman–Crippen LogP) is 7.35. The molecular weight excluding hydrogens is 496 g/mol. The van der Waals surface area contributed by atoms with Crippen LogP contribution in [0, 0.1) is 11.8 Å². The predicted molar refractivity (Wildman–Crippen MR) is 155 cm³/mol. The fourth-order valence-electron chi connectivity index (χ4n) is 7.52. The van der Waals surface area contributed by atoms with E-state index in [1.165, 1.54) is 0 Å². The third kappa shape index (κ3) is 3.51. The summed E-state index contributed by atoms with van der Waals surface area (Å²) >= 11 is 0. The summed E-state index contributed by atoms with van der Waals surface area (Å²) in [4.78, 5) is 27.6. The van der Waals surface area contributed by atoms with Gasteiger partial charge in [0.05, 0.1) is 22.0 Å². The van der Waals surface area contributed by atoms with E-state index in [-0.39, 0.29) is 11.8 Å². The zero-order valence-corrected chi connectivity index (χ0v) is 23.3. The monoisotopic (exact) mass is 530 g/mol. The number of ether oxygens (including phenoxy) is 2. The van der Waals surface area contributed by atoms with Gasteiger partial charge in [0.25, 0.3) is 0 Å². The van der Waals surface area contributed by atoms with E-state index in [2.05, 4.69) is 76.2 Å². The fourth-order valence-corrected chi connectivity index (χ4v) is 7.52. The molecule has 2 unspecified atom stereocenters. The SMILES string of the molecule is CC(C)[C@]12c3ccccc3[C@](C(C)C)(c3ccccc31)C(OC(=O)c1ccccc1)C2OC(=O)c1ccccc1. The Hall–Kier alpha value is -4.18. The van der Waals surface area contributed by atoms with Crippen LogP contribution in [0.5, 0.6) is 0 Å². The Kier molecular flexibility index (Phi) is 6.37. The molecule has 3 aliphatic rings. The largest absolute Gasteiger partial charge is 0.453 e. The summed E-state index contributed by atoms with van der Waals surface area (Å²) in [5, 5.41) is 0. The molecule has 0 aliphatic heterocycles. The minimum absolute atomic E-state index is 0.0202. The Morgan fingerprint density at radius 3 is 1.05 bits per heavy atom. The second-order valence-corrected chi connectivity index (χ2v) is 11.5. The van der Waals surface area contributed by atoms with Crippen molar-refractivity contribution in [1.82, 2.24) is 0 Å². The van der Waals surface area contributed by atoms with Crippen molar-refractivity contribution in [2.75, 3.05) is 0 Å². The van der Waals surface area contributed by atoms with Gasteiger partial charge in [-0.05, 0) is 58.4 Å². The van der Waals surface area contributed by atoms with Crippen LogP contribution in [0.25, 0.3) is 0 Å². The van der Waals surface area contributed by atoms with Crippen molar-refractivity contribution in [3.63, 3.8) is 0 Å². The molecule has 2 bridgehead atoms. The van der Waals surface area contributed by atoms with E-state index in [1.54, 1.807) is 24.3 Å². The zero-order valence-electron chi connectivity index (χ0n) is 23.3. The maximum Gasteiger partial charge on any atom is 0.338 e. The normalized spacial score (nSPS) is 24.4. The molecule has 0 aromatic heterocycles. The average Bonchev–Trinajstić information content (AvgIpc) is 2.98. The molecule has 4 aromatic rings. The first kappa shape index (κ1) is 26.1. The van der Waals surface area contributed by atoms with E-state index >= 15 is 0 Å². The van der Waals surface area contributed by atoms with Crippen molar-refractivity contribution in [2.24, 2.45) is 11.8 Å². The topological polar surface area (TPSA) is 52.6 Å². The molecule has 4 aromatic carbocycles. The molecule has 0 N–H and O–H groups in total. The van der Waals surface area contributed by atoms with Crippen molar-refractivity contribution in [1.29, 1.82) is 0 Å². The summed E-state index contributed by atoms with van der Waals surface area (Å²) in [6.45, 7) is 8.67. The minimum Gasteiger partial charge on any atom is -0.453 e. The molecule has 0 fully saturated rings. The van der Waals surface area contributed by atoms with Crippen LogP contribution in [0.2, 0.25) is 0 Å². The maximum absolute atomic E-state index is 13.8. The Labute approximate surface area is 236 Å².